The first kappa shape index (κ1) is 9.96. The van der Waals surface area contributed by atoms with Crippen LogP contribution in [-0.2, 0) is 4.74 Å². The second-order valence-electron chi connectivity index (χ2n) is 3.28. The topological polar surface area (TPSA) is 41.5 Å². The van der Waals surface area contributed by atoms with Crippen LogP contribution < -0.4 is 5.32 Å². The van der Waals surface area contributed by atoms with Crippen molar-refractivity contribution in [2.75, 3.05) is 19.8 Å². The number of morpholine rings is 1. The molecule has 1 heterocycles. The molecule has 4 heteroatoms. The predicted molar refractivity (Wildman–Crippen MR) is 57.4 cm³/mol. The van der Waals surface area contributed by atoms with Gasteiger partial charge in [0.25, 0.3) is 0 Å². The van der Waals surface area contributed by atoms with E-state index in [9.17, 15) is 5.11 Å². The molecule has 2 rings (SSSR count). The van der Waals surface area contributed by atoms with Gasteiger partial charge in [0.1, 0.15) is 5.75 Å². The molecule has 76 valence electrons. The van der Waals surface area contributed by atoms with E-state index >= 15 is 0 Å². The summed E-state index contributed by atoms with van der Waals surface area (Å²) in [7, 11) is 0. The molecule has 1 aromatic carbocycles. The molecule has 0 amide bonds. The molecule has 14 heavy (non-hydrogen) atoms. The molecule has 1 saturated heterocycles. The summed E-state index contributed by atoms with van der Waals surface area (Å²) in [6.07, 6.45) is 0. The van der Waals surface area contributed by atoms with Gasteiger partial charge in [-0.3, -0.25) is 0 Å². The SMILES string of the molecule is Oc1cc(Br)ccc1[C@H]1COCCN1. The molecule has 2 N–H and O–H groups in total. The average Bonchev–Trinajstić information content (AvgIpc) is 2.19. The van der Waals surface area contributed by atoms with Crippen LogP contribution >= 0.6 is 15.9 Å². The maximum atomic E-state index is 9.72. The summed E-state index contributed by atoms with van der Waals surface area (Å²) in [5.41, 5.74) is 0.896. The third-order valence-corrected chi connectivity index (χ3v) is 2.78. The molecule has 1 aliphatic heterocycles. The number of nitrogens with one attached hydrogen (secondary N) is 1. The van der Waals surface area contributed by atoms with E-state index in [2.05, 4.69) is 21.2 Å². The van der Waals surface area contributed by atoms with Crippen LogP contribution in [0, 0.1) is 0 Å². The third kappa shape index (κ3) is 2.08. The number of phenolic OH excluding ortho intramolecular Hbond substituents is 1. The summed E-state index contributed by atoms with van der Waals surface area (Å²) in [4.78, 5) is 0. The van der Waals surface area contributed by atoms with Gasteiger partial charge in [0.15, 0.2) is 0 Å². The summed E-state index contributed by atoms with van der Waals surface area (Å²) >= 11 is 3.31. The predicted octanol–water partition coefficient (Wildman–Crippen LogP) is 1.82. The lowest BCUT2D eigenvalue weighted by atomic mass is 10.1. The largest absolute Gasteiger partial charge is 0.508 e. The molecule has 3 nitrogen and oxygen atoms in total. The summed E-state index contributed by atoms with van der Waals surface area (Å²) in [6.45, 7) is 2.20. The van der Waals surface area contributed by atoms with E-state index in [1.54, 1.807) is 6.07 Å². The van der Waals surface area contributed by atoms with Crippen LogP contribution in [0.2, 0.25) is 0 Å². The molecule has 1 aromatic rings. The molecular formula is C10H12BrNO2. The fourth-order valence-corrected chi connectivity index (χ4v) is 1.93. The number of benzene rings is 1. The van der Waals surface area contributed by atoms with Gasteiger partial charge in [-0.25, -0.2) is 0 Å². The minimum absolute atomic E-state index is 0.108. The van der Waals surface area contributed by atoms with Crippen molar-refractivity contribution in [2.45, 2.75) is 6.04 Å². The van der Waals surface area contributed by atoms with E-state index in [0.29, 0.717) is 12.4 Å². The number of aromatic hydroxyl groups is 1. The summed E-state index contributed by atoms with van der Waals surface area (Å²) in [5, 5.41) is 13.0. The van der Waals surface area contributed by atoms with Gasteiger partial charge in [0.05, 0.1) is 19.3 Å². The van der Waals surface area contributed by atoms with Crippen molar-refractivity contribution in [1.82, 2.24) is 5.32 Å². The van der Waals surface area contributed by atoms with Gasteiger partial charge in [-0.15, -0.1) is 0 Å². The Morgan fingerprint density at radius 1 is 1.50 bits per heavy atom. The number of rotatable bonds is 1. The molecule has 0 aromatic heterocycles. The van der Waals surface area contributed by atoms with Crippen LogP contribution in [0.25, 0.3) is 0 Å². The fraction of sp³-hybridized carbons (Fsp3) is 0.400. The number of phenols is 1. The van der Waals surface area contributed by atoms with E-state index in [4.69, 9.17) is 4.74 Å². The van der Waals surface area contributed by atoms with Crippen molar-refractivity contribution in [3.63, 3.8) is 0 Å². The smallest absolute Gasteiger partial charge is 0.121 e. The van der Waals surface area contributed by atoms with E-state index in [-0.39, 0.29) is 6.04 Å². The second-order valence-corrected chi connectivity index (χ2v) is 4.20. The van der Waals surface area contributed by atoms with Crippen LogP contribution in [-0.4, -0.2) is 24.9 Å². The average molecular weight is 258 g/mol. The minimum atomic E-state index is 0.108. The Morgan fingerprint density at radius 2 is 2.36 bits per heavy atom. The Hall–Kier alpha value is -0.580. The van der Waals surface area contributed by atoms with Gasteiger partial charge in [-0.1, -0.05) is 22.0 Å². The third-order valence-electron chi connectivity index (χ3n) is 2.29. The first-order chi connectivity index (χ1) is 6.77. The highest BCUT2D eigenvalue weighted by molar-refractivity contribution is 9.10. The van der Waals surface area contributed by atoms with Crippen LogP contribution in [0.15, 0.2) is 22.7 Å². The van der Waals surface area contributed by atoms with Crippen molar-refractivity contribution in [3.05, 3.63) is 28.2 Å². The first-order valence-electron chi connectivity index (χ1n) is 4.57. The van der Waals surface area contributed by atoms with Crippen LogP contribution in [0.1, 0.15) is 11.6 Å². The summed E-state index contributed by atoms with van der Waals surface area (Å²) in [5.74, 6) is 0.308. The molecule has 0 radical (unpaired) electrons. The lowest BCUT2D eigenvalue weighted by Gasteiger charge is -2.24. The fourth-order valence-electron chi connectivity index (χ4n) is 1.58. The van der Waals surface area contributed by atoms with Gasteiger partial charge in [-0.2, -0.15) is 0 Å². The van der Waals surface area contributed by atoms with Crippen molar-refractivity contribution in [2.24, 2.45) is 0 Å². The number of hydrogen-bond acceptors (Lipinski definition) is 3. The molecule has 1 fully saturated rings. The van der Waals surface area contributed by atoms with Gasteiger partial charge in [-0.05, 0) is 12.1 Å². The van der Waals surface area contributed by atoms with Gasteiger partial charge >= 0.3 is 0 Å². The maximum absolute atomic E-state index is 9.72. The van der Waals surface area contributed by atoms with Gasteiger partial charge < -0.3 is 15.2 Å². The quantitative estimate of drug-likeness (QED) is 0.807. The number of halogens is 1. The molecule has 1 aliphatic rings. The number of hydrogen-bond donors (Lipinski definition) is 2. The van der Waals surface area contributed by atoms with Crippen LogP contribution in [0.3, 0.4) is 0 Å². The van der Waals surface area contributed by atoms with Gasteiger partial charge in [0.2, 0.25) is 0 Å². The van der Waals surface area contributed by atoms with Gasteiger partial charge in [0, 0.05) is 16.6 Å². The monoisotopic (exact) mass is 257 g/mol. The second kappa shape index (κ2) is 4.29. The van der Waals surface area contributed by atoms with Crippen molar-refractivity contribution in [3.8, 4) is 5.75 Å². The summed E-state index contributed by atoms with van der Waals surface area (Å²) < 4.78 is 6.22. The summed E-state index contributed by atoms with van der Waals surface area (Å²) in [6, 6.07) is 5.64. The van der Waals surface area contributed by atoms with E-state index in [0.717, 1.165) is 23.2 Å². The van der Waals surface area contributed by atoms with Crippen LogP contribution in [0.4, 0.5) is 0 Å². The molecule has 0 unspecified atom stereocenters. The lowest BCUT2D eigenvalue weighted by Crippen LogP contribution is -2.34. The Balaban J connectivity index is 2.22. The van der Waals surface area contributed by atoms with Crippen molar-refractivity contribution >= 4 is 15.9 Å². The molecule has 0 bridgehead atoms. The highest BCUT2D eigenvalue weighted by Gasteiger charge is 2.17. The van der Waals surface area contributed by atoms with Crippen molar-refractivity contribution < 1.29 is 9.84 Å². The molecular weight excluding hydrogens is 246 g/mol. The molecule has 0 spiro atoms. The van der Waals surface area contributed by atoms with E-state index in [1.807, 2.05) is 12.1 Å². The van der Waals surface area contributed by atoms with Crippen molar-refractivity contribution in [1.29, 1.82) is 0 Å². The van der Waals surface area contributed by atoms with Crippen LogP contribution in [0.5, 0.6) is 5.75 Å². The normalized spacial score (nSPS) is 22.2. The number of ether oxygens (including phenoxy) is 1. The Kier molecular flexibility index (Phi) is 3.05. The first-order valence-corrected chi connectivity index (χ1v) is 5.36. The minimum Gasteiger partial charge on any atom is -0.508 e. The molecule has 1 atom stereocenters. The standard InChI is InChI=1S/C10H12BrNO2/c11-7-1-2-8(10(13)5-7)9-6-14-4-3-12-9/h1-2,5,9,12-13H,3-4,6H2/t9-/m1/s1. The molecule has 0 saturated carbocycles. The highest BCUT2D eigenvalue weighted by atomic mass is 79.9. The molecule has 0 aliphatic carbocycles. The zero-order valence-corrected chi connectivity index (χ0v) is 9.25. The highest BCUT2D eigenvalue weighted by Crippen LogP contribution is 2.28. The Bertz CT molecular complexity index is 324. The van der Waals surface area contributed by atoms with E-state index < -0.39 is 0 Å². The Morgan fingerprint density at radius 3 is 3.00 bits per heavy atom. The van der Waals surface area contributed by atoms with E-state index in [1.165, 1.54) is 0 Å². The maximum Gasteiger partial charge on any atom is 0.121 e. The zero-order valence-electron chi connectivity index (χ0n) is 7.66. The zero-order chi connectivity index (χ0) is 9.97. The Labute approximate surface area is 91.2 Å². The lowest BCUT2D eigenvalue weighted by molar-refractivity contribution is 0.0761.